The van der Waals surface area contributed by atoms with Gasteiger partial charge in [-0.2, -0.15) is 0 Å². The zero-order valence-corrected chi connectivity index (χ0v) is 11.9. The van der Waals surface area contributed by atoms with Crippen LogP contribution in [-0.4, -0.2) is 30.6 Å². The topological polar surface area (TPSA) is 75.6 Å². The molecule has 0 aliphatic rings. The first-order chi connectivity index (χ1) is 9.45. The van der Waals surface area contributed by atoms with Gasteiger partial charge in [0.25, 0.3) is 0 Å². The van der Waals surface area contributed by atoms with Crippen LogP contribution in [0.2, 0.25) is 0 Å². The fourth-order valence-electron chi connectivity index (χ4n) is 1.58. The summed E-state index contributed by atoms with van der Waals surface area (Å²) in [5, 5.41) is 11.5. The van der Waals surface area contributed by atoms with Crippen molar-refractivity contribution in [2.24, 2.45) is 0 Å². The van der Waals surface area contributed by atoms with Gasteiger partial charge in [-0.1, -0.05) is 12.1 Å². The first-order valence-corrected chi connectivity index (χ1v) is 6.27. The van der Waals surface area contributed by atoms with Crippen molar-refractivity contribution in [3.05, 3.63) is 41.0 Å². The third-order valence-electron chi connectivity index (χ3n) is 3.08. The van der Waals surface area contributed by atoms with E-state index in [0.29, 0.717) is 13.0 Å². The number of ether oxygens (including phenoxy) is 1. The number of aliphatic carboxylic acids is 1. The molecule has 1 amide bonds. The molecule has 2 N–H and O–H groups in total. The van der Waals surface area contributed by atoms with Crippen molar-refractivity contribution in [3.63, 3.8) is 0 Å². The molecule has 5 heteroatoms. The fourth-order valence-corrected chi connectivity index (χ4v) is 1.58. The van der Waals surface area contributed by atoms with Crippen molar-refractivity contribution in [2.75, 3.05) is 13.7 Å². The largest absolute Gasteiger partial charge is 0.497 e. The van der Waals surface area contributed by atoms with Gasteiger partial charge in [0.1, 0.15) is 5.75 Å². The van der Waals surface area contributed by atoms with Gasteiger partial charge in [-0.05, 0) is 38.0 Å². The highest BCUT2D eigenvalue weighted by Crippen LogP contribution is 2.11. The molecule has 0 saturated heterocycles. The Kier molecular flexibility index (Phi) is 5.77. The van der Waals surface area contributed by atoms with Crippen molar-refractivity contribution >= 4 is 11.9 Å². The average molecular weight is 277 g/mol. The number of nitrogens with one attached hydrogen (secondary N) is 1. The normalized spacial score (nSPS) is 11.6. The first-order valence-electron chi connectivity index (χ1n) is 6.27. The molecule has 0 aromatic heterocycles. The van der Waals surface area contributed by atoms with Gasteiger partial charge in [0, 0.05) is 17.7 Å². The average Bonchev–Trinajstić information content (AvgIpc) is 2.46. The molecule has 0 aliphatic carbocycles. The third-order valence-corrected chi connectivity index (χ3v) is 3.08. The first kappa shape index (κ1) is 15.8. The highest BCUT2D eigenvalue weighted by atomic mass is 16.5. The lowest BCUT2D eigenvalue weighted by molar-refractivity contribution is -0.133. The molecule has 0 radical (unpaired) electrons. The summed E-state index contributed by atoms with van der Waals surface area (Å²) in [6.45, 7) is 3.38. The third kappa shape index (κ3) is 4.42. The lowest BCUT2D eigenvalue weighted by Gasteiger charge is -2.07. The molecule has 108 valence electrons. The maximum absolute atomic E-state index is 11.7. The molecule has 5 nitrogen and oxygen atoms in total. The molecule has 1 aromatic carbocycles. The second-order valence-electron chi connectivity index (χ2n) is 4.41. The van der Waals surface area contributed by atoms with Crippen LogP contribution in [0.3, 0.4) is 0 Å². The van der Waals surface area contributed by atoms with Crippen LogP contribution in [0.15, 0.2) is 35.4 Å². The molecule has 1 aromatic rings. The summed E-state index contributed by atoms with van der Waals surface area (Å²) in [6, 6.07) is 7.57. The van der Waals surface area contributed by atoms with E-state index in [-0.39, 0.29) is 17.1 Å². The summed E-state index contributed by atoms with van der Waals surface area (Å²) in [7, 11) is 1.61. The Labute approximate surface area is 118 Å². The standard InChI is InChI=1S/C15H19NO4/c1-10(11(2)15(18)19)14(17)16-9-8-12-4-6-13(20-3)7-5-12/h4-7H,8-9H2,1-3H3,(H,16,17)(H,18,19)/b11-10-. The van der Waals surface area contributed by atoms with Gasteiger partial charge in [0.2, 0.25) is 5.91 Å². The van der Waals surface area contributed by atoms with Gasteiger partial charge in [-0.15, -0.1) is 0 Å². The molecule has 0 unspecified atom stereocenters. The van der Waals surface area contributed by atoms with E-state index < -0.39 is 5.97 Å². The second-order valence-corrected chi connectivity index (χ2v) is 4.41. The van der Waals surface area contributed by atoms with E-state index in [1.54, 1.807) is 7.11 Å². The Morgan fingerprint density at radius 2 is 1.75 bits per heavy atom. The minimum Gasteiger partial charge on any atom is -0.497 e. The van der Waals surface area contributed by atoms with Gasteiger partial charge < -0.3 is 15.2 Å². The smallest absolute Gasteiger partial charge is 0.331 e. The molecule has 0 atom stereocenters. The lowest BCUT2D eigenvalue weighted by atomic mass is 10.1. The Hall–Kier alpha value is -2.30. The molecule has 0 fully saturated rings. The number of carbonyl (C=O) groups excluding carboxylic acids is 1. The quantitative estimate of drug-likeness (QED) is 0.777. The van der Waals surface area contributed by atoms with Crippen molar-refractivity contribution in [3.8, 4) is 5.75 Å². The maximum Gasteiger partial charge on any atom is 0.331 e. The highest BCUT2D eigenvalue weighted by molar-refractivity contribution is 6.01. The summed E-state index contributed by atoms with van der Waals surface area (Å²) in [4.78, 5) is 22.5. The minimum absolute atomic E-state index is 0.0620. The van der Waals surface area contributed by atoms with Crippen LogP contribution < -0.4 is 10.1 Å². The maximum atomic E-state index is 11.7. The molecule has 0 bridgehead atoms. The number of amides is 1. The van der Waals surface area contributed by atoms with E-state index in [9.17, 15) is 9.59 Å². The van der Waals surface area contributed by atoms with Crippen LogP contribution in [0, 0.1) is 0 Å². The van der Waals surface area contributed by atoms with E-state index in [1.165, 1.54) is 13.8 Å². The Bertz CT molecular complexity index is 517. The van der Waals surface area contributed by atoms with Crippen molar-refractivity contribution in [1.29, 1.82) is 0 Å². The van der Waals surface area contributed by atoms with Crippen LogP contribution in [0.1, 0.15) is 19.4 Å². The molecule has 20 heavy (non-hydrogen) atoms. The molecule has 0 aliphatic heterocycles. The number of rotatable bonds is 6. The van der Waals surface area contributed by atoms with Crippen LogP contribution in [0.25, 0.3) is 0 Å². The summed E-state index contributed by atoms with van der Waals surface area (Å²) in [5.74, 6) is -0.639. The predicted octanol–water partition coefficient (Wildman–Crippen LogP) is 1.77. The van der Waals surface area contributed by atoms with E-state index in [1.807, 2.05) is 24.3 Å². The zero-order chi connectivity index (χ0) is 15.1. The van der Waals surface area contributed by atoms with Crippen LogP contribution in [-0.2, 0) is 16.0 Å². The van der Waals surface area contributed by atoms with E-state index in [0.717, 1.165) is 11.3 Å². The van der Waals surface area contributed by atoms with Gasteiger partial charge in [0.15, 0.2) is 0 Å². The Morgan fingerprint density at radius 1 is 1.15 bits per heavy atom. The number of methoxy groups -OCH3 is 1. The Balaban J connectivity index is 2.49. The molecular formula is C15H19NO4. The SMILES string of the molecule is COc1ccc(CCNC(=O)/C(C)=C(/C)C(=O)O)cc1. The summed E-state index contributed by atoms with van der Waals surface area (Å²) >= 11 is 0. The van der Waals surface area contributed by atoms with E-state index in [4.69, 9.17) is 9.84 Å². The van der Waals surface area contributed by atoms with E-state index in [2.05, 4.69) is 5.32 Å². The van der Waals surface area contributed by atoms with E-state index >= 15 is 0 Å². The molecule has 0 heterocycles. The number of hydrogen-bond donors (Lipinski definition) is 2. The molecular weight excluding hydrogens is 258 g/mol. The number of hydrogen-bond acceptors (Lipinski definition) is 3. The highest BCUT2D eigenvalue weighted by Gasteiger charge is 2.11. The number of benzene rings is 1. The molecule has 0 spiro atoms. The predicted molar refractivity (Wildman–Crippen MR) is 75.7 cm³/mol. The summed E-state index contributed by atoms with van der Waals surface area (Å²) in [6.07, 6.45) is 0.676. The fraction of sp³-hybridized carbons (Fsp3) is 0.333. The van der Waals surface area contributed by atoms with Crippen LogP contribution >= 0.6 is 0 Å². The van der Waals surface area contributed by atoms with Crippen molar-refractivity contribution in [2.45, 2.75) is 20.3 Å². The molecule has 1 rings (SSSR count). The van der Waals surface area contributed by atoms with Crippen molar-refractivity contribution in [1.82, 2.24) is 5.32 Å². The number of carboxylic acid groups (broad SMARTS) is 1. The summed E-state index contributed by atoms with van der Waals surface area (Å²) in [5.41, 5.74) is 1.36. The monoisotopic (exact) mass is 277 g/mol. The second kappa shape index (κ2) is 7.33. The van der Waals surface area contributed by atoms with Crippen LogP contribution in [0.5, 0.6) is 5.75 Å². The van der Waals surface area contributed by atoms with Crippen molar-refractivity contribution < 1.29 is 19.4 Å². The number of carboxylic acids is 1. The minimum atomic E-state index is -1.08. The van der Waals surface area contributed by atoms with Crippen LogP contribution in [0.4, 0.5) is 0 Å². The number of carbonyl (C=O) groups is 2. The van der Waals surface area contributed by atoms with Gasteiger partial charge in [-0.3, -0.25) is 4.79 Å². The van der Waals surface area contributed by atoms with Gasteiger partial charge in [-0.25, -0.2) is 4.79 Å². The zero-order valence-electron chi connectivity index (χ0n) is 11.9. The summed E-state index contributed by atoms with van der Waals surface area (Å²) < 4.78 is 5.06. The van der Waals surface area contributed by atoms with Gasteiger partial charge >= 0.3 is 5.97 Å². The van der Waals surface area contributed by atoms with Gasteiger partial charge in [0.05, 0.1) is 7.11 Å². The Morgan fingerprint density at radius 3 is 2.25 bits per heavy atom. The lowest BCUT2D eigenvalue weighted by Crippen LogP contribution is -2.27. The molecule has 0 saturated carbocycles.